The number of benzene rings is 2. The summed E-state index contributed by atoms with van der Waals surface area (Å²) in [5.41, 5.74) is 1.14. The van der Waals surface area contributed by atoms with Crippen molar-refractivity contribution in [3.63, 3.8) is 0 Å². The lowest BCUT2D eigenvalue weighted by Gasteiger charge is -2.31. The van der Waals surface area contributed by atoms with Crippen molar-refractivity contribution in [1.29, 1.82) is 0 Å². The highest BCUT2D eigenvalue weighted by Gasteiger charge is 2.29. The van der Waals surface area contributed by atoms with E-state index in [4.69, 9.17) is 4.74 Å². The van der Waals surface area contributed by atoms with Gasteiger partial charge < -0.3 is 9.64 Å². The molecule has 0 aromatic heterocycles. The topological polar surface area (TPSA) is 92.8 Å². The van der Waals surface area contributed by atoms with Crippen LogP contribution in [0, 0.1) is 11.7 Å². The second kappa shape index (κ2) is 10.0. The number of carbonyl (C=O) groups excluding carboxylic acids is 2. The molecule has 166 valence electrons. The van der Waals surface area contributed by atoms with E-state index in [1.807, 2.05) is 0 Å². The van der Waals surface area contributed by atoms with Crippen LogP contribution in [0.5, 0.6) is 0 Å². The number of amides is 1. The van der Waals surface area contributed by atoms with Crippen molar-refractivity contribution < 1.29 is 27.1 Å². The normalized spacial score (nSPS) is 16.7. The van der Waals surface area contributed by atoms with Crippen molar-refractivity contribution in [2.45, 2.75) is 31.2 Å². The van der Waals surface area contributed by atoms with E-state index in [1.165, 1.54) is 12.1 Å². The monoisotopic (exact) mass is 448 g/mol. The maximum atomic E-state index is 13.0. The summed E-state index contributed by atoms with van der Waals surface area (Å²) < 4.78 is 45.1. The molecule has 2 aromatic carbocycles. The molecule has 0 bridgehead atoms. The number of nitrogens with one attached hydrogen (secondary N) is 1. The van der Waals surface area contributed by atoms with Gasteiger partial charge in [0.05, 0.1) is 17.4 Å². The summed E-state index contributed by atoms with van der Waals surface area (Å²) in [6, 6.07) is 11.2. The molecule has 0 radical (unpaired) electrons. The Bertz CT molecular complexity index is 1020. The molecule has 2 aromatic rings. The zero-order valence-electron chi connectivity index (χ0n) is 17.2. The molecule has 1 atom stereocenters. The zero-order chi connectivity index (χ0) is 22.4. The molecule has 1 fully saturated rings. The third kappa shape index (κ3) is 5.89. The largest absolute Gasteiger partial charge is 0.466 e. The fourth-order valence-corrected chi connectivity index (χ4v) is 4.46. The second-order valence-corrected chi connectivity index (χ2v) is 9.08. The highest BCUT2D eigenvalue weighted by Crippen LogP contribution is 2.20. The van der Waals surface area contributed by atoms with E-state index in [1.54, 1.807) is 36.1 Å². The average molecular weight is 449 g/mol. The molecule has 9 heteroatoms. The van der Waals surface area contributed by atoms with Crippen LogP contribution >= 0.6 is 0 Å². The van der Waals surface area contributed by atoms with Crippen molar-refractivity contribution in [3.05, 3.63) is 65.5 Å². The maximum Gasteiger partial charge on any atom is 0.310 e. The lowest BCUT2D eigenvalue weighted by molar-refractivity contribution is -0.149. The van der Waals surface area contributed by atoms with Crippen molar-refractivity contribution in [2.75, 3.05) is 19.7 Å². The van der Waals surface area contributed by atoms with Gasteiger partial charge >= 0.3 is 5.97 Å². The first-order valence-electron chi connectivity index (χ1n) is 10.1. The van der Waals surface area contributed by atoms with E-state index >= 15 is 0 Å². The van der Waals surface area contributed by atoms with Crippen LogP contribution in [-0.4, -0.2) is 44.9 Å². The Kier molecular flexibility index (Phi) is 7.40. The van der Waals surface area contributed by atoms with Crippen molar-refractivity contribution in [3.8, 4) is 0 Å². The number of halogens is 1. The lowest BCUT2D eigenvalue weighted by atomic mass is 9.97. The van der Waals surface area contributed by atoms with Gasteiger partial charge in [0.25, 0.3) is 5.91 Å². The summed E-state index contributed by atoms with van der Waals surface area (Å²) in [6.45, 7) is 3.01. The van der Waals surface area contributed by atoms with Gasteiger partial charge in [0.1, 0.15) is 5.82 Å². The predicted molar refractivity (Wildman–Crippen MR) is 112 cm³/mol. The fourth-order valence-electron chi connectivity index (χ4n) is 3.44. The Morgan fingerprint density at radius 2 is 1.81 bits per heavy atom. The van der Waals surface area contributed by atoms with Crippen LogP contribution in [0.2, 0.25) is 0 Å². The molecular weight excluding hydrogens is 423 g/mol. The molecule has 1 N–H and O–H groups in total. The van der Waals surface area contributed by atoms with Crippen molar-refractivity contribution in [2.24, 2.45) is 5.92 Å². The lowest BCUT2D eigenvalue weighted by Crippen LogP contribution is -2.42. The van der Waals surface area contributed by atoms with Gasteiger partial charge in [0, 0.05) is 25.2 Å². The standard InChI is InChI=1S/C22H25FN2O5S/c1-2-30-22(27)18-4-3-13-25(15-18)21(26)17-7-5-16(6-8-17)14-24-31(28,29)20-11-9-19(23)10-12-20/h5-12,18,24H,2-4,13-15H2,1H3. The first-order valence-corrected chi connectivity index (χ1v) is 11.6. The van der Waals surface area contributed by atoms with E-state index in [2.05, 4.69) is 4.72 Å². The number of hydrogen-bond donors (Lipinski definition) is 1. The average Bonchev–Trinajstić information content (AvgIpc) is 2.78. The molecule has 1 heterocycles. The number of carbonyl (C=O) groups is 2. The summed E-state index contributed by atoms with van der Waals surface area (Å²) in [4.78, 5) is 26.4. The molecule has 0 aliphatic carbocycles. The fraction of sp³-hybridized carbons (Fsp3) is 0.364. The highest BCUT2D eigenvalue weighted by atomic mass is 32.2. The molecule has 1 saturated heterocycles. The van der Waals surface area contributed by atoms with Crippen LogP contribution in [0.3, 0.4) is 0 Å². The van der Waals surface area contributed by atoms with Gasteiger partial charge in [-0.3, -0.25) is 9.59 Å². The smallest absolute Gasteiger partial charge is 0.310 e. The van der Waals surface area contributed by atoms with Crippen LogP contribution < -0.4 is 4.72 Å². The Morgan fingerprint density at radius 3 is 2.45 bits per heavy atom. The first-order chi connectivity index (χ1) is 14.8. The number of hydrogen-bond acceptors (Lipinski definition) is 5. The number of ether oxygens (including phenoxy) is 1. The van der Waals surface area contributed by atoms with Gasteiger partial charge in [-0.15, -0.1) is 0 Å². The summed E-state index contributed by atoms with van der Waals surface area (Å²) in [7, 11) is -3.77. The quantitative estimate of drug-likeness (QED) is 0.658. The number of likely N-dealkylation sites (tertiary alicyclic amines) is 1. The van der Waals surface area contributed by atoms with Gasteiger partial charge in [0.15, 0.2) is 0 Å². The molecule has 31 heavy (non-hydrogen) atoms. The van der Waals surface area contributed by atoms with Crippen LogP contribution in [-0.2, 0) is 26.1 Å². The maximum absolute atomic E-state index is 13.0. The summed E-state index contributed by atoms with van der Waals surface area (Å²) in [5.74, 6) is -1.27. The molecule has 3 rings (SSSR count). The van der Waals surface area contributed by atoms with Gasteiger partial charge in [-0.2, -0.15) is 0 Å². The zero-order valence-corrected chi connectivity index (χ0v) is 18.0. The molecule has 1 amide bonds. The number of piperidine rings is 1. The second-order valence-electron chi connectivity index (χ2n) is 7.32. The minimum atomic E-state index is -3.77. The third-order valence-electron chi connectivity index (χ3n) is 5.12. The molecule has 1 unspecified atom stereocenters. The number of sulfonamides is 1. The summed E-state index contributed by atoms with van der Waals surface area (Å²) >= 11 is 0. The Labute approximate surface area is 181 Å². The van der Waals surface area contributed by atoms with Gasteiger partial charge in [0.2, 0.25) is 10.0 Å². The Morgan fingerprint density at radius 1 is 1.13 bits per heavy atom. The van der Waals surface area contributed by atoms with E-state index in [0.29, 0.717) is 37.2 Å². The first kappa shape index (κ1) is 22.9. The minimum Gasteiger partial charge on any atom is -0.466 e. The molecule has 1 aliphatic heterocycles. The molecule has 7 nitrogen and oxygen atoms in total. The summed E-state index contributed by atoms with van der Waals surface area (Å²) in [6.07, 6.45) is 1.44. The van der Waals surface area contributed by atoms with Crippen LogP contribution in [0.15, 0.2) is 53.4 Å². The third-order valence-corrected chi connectivity index (χ3v) is 6.54. The SMILES string of the molecule is CCOC(=O)C1CCCN(C(=O)c2ccc(CNS(=O)(=O)c3ccc(F)cc3)cc2)C1. The van der Waals surface area contributed by atoms with E-state index < -0.39 is 15.8 Å². The number of rotatable bonds is 7. The molecule has 1 aliphatic rings. The molecule has 0 spiro atoms. The predicted octanol–water partition coefficient (Wildman–Crippen LogP) is 2.72. The summed E-state index contributed by atoms with van der Waals surface area (Å²) in [5, 5.41) is 0. The van der Waals surface area contributed by atoms with Crippen LogP contribution in [0.25, 0.3) is 0 Å². The van der Waals surface area contributed by atoms with E-state index in [0.717, 1.165) is 18.6 Å². The highest BCUT2D eigenvalue weighted by molar-refractivity contribution is 7.89. The number of esters is 1. The minimum absolute atomic E-state index is 0.0260. The van der Waals surface area contributed by atoms with Gasteiger partial charge in [-0.05, 0) is 61.7 Å². The molecular formula is C22H25FN2O5S. The Balaban J connectivity index is 1.60. The van der Waals surface area contributed by atoms with Crippen molar-refractivity contribution in [1.82, 2.24) is 9.62 Å². The number of nitrogens with zero attached hydrogens (tertiary/aromatic N) is 1. The van der Waals surface area contributed by atoms with Gasteiger partial charge in [-0.1, -0.05) is 12.1 Å². The van der Waals surface area contributed by atoms with Crippen LogP contribution in [0.1, 0.15) is 35.7 Å². The Hall–Kier alpha value is -2.78. The molecule has 0 saturated carbocycles. The van der Waals surface area contributed by atoms with Crippen LogP contribution in [0.4, 0.5) is 4.39 Å². The van der Waals surface area contributed by atoms with E-state index in [-0.39, 0.29) is 29.2 Å². The van der Waals surface area contributed by atoms with Gasteiger partial charge in [-0.25, -0.2) is 17.5 Å². The van der Waals surface area contributed by atoms with E-state index in [9.17, 15) is 22.4 Å². The van der Waals surface area contributed by atoms with Crippen molar-refractivity contribution >= 4 is 21.9 Å².